The van der Waals surface area contributed by atoms with E-state index < -0.39 is 0 Å². The molecule has 4 heteroatoms. The highest BCUT2D eigenvalue weighted by atomic mass is 16.1. The zero-order valence-corrected chi connectivity index (χ0v) is 10.5. The second-order valence-electron chi connectivity index (χ2n) is 4.64. The van der Waals surface area contributed by atoms with Crippen molar-refractivity contribution in [1.82, 2.24) is 5.32 Å². The minimum atomic E-state index is 0.00398. The number of nitriles is 1. The molecule has 0 radical (unpaired) electrons. The molecule has 0 aliphatic carbocycles. The zero-order chi connectivity index (χ0) is 13.0. The Morgan fingerprint density at radius 2 is 2.39 bits per heavy atom. The van der Waals surface area contributed by atoms with Crippen LogP contribution in [-0.2, 0) is 4.79 Å². The van der Waals surface area contributed by atoms with Crippen molar-refractivity contribution >= 4 is 11.6 Å². The average molecular weight is 243 g/mol. The van der Waals surface area contributed by atoms with Gasteiger partial charge in [0, 0.05) is 6.54 Å². The van der Waals surface area contributed by atoms with E-state index in [1.165, 1.54) is 0 Å². The van der Waals surface area contributed by atoms with Gasteiger partial charge in [0.05, 0.1) is 17.2 Å². The van der Waals surface area contributed by atoms with Crippen LogP contribution in [0.1, 0.15) is 24.0 Å². The van der Waals surface area contributed by atoms with E-state index in [1.807, 2.05) is 19.1 Å². The lowest BCUT2D eigenvalue weighted by atomic mass is 9.98. The second-order valence-corrected chi connectivity index (χ2v) is 4.64. The molecule has 0 spiro atoms. The Morgan fingerprint density at radius 1 is 1.56 bits per heavy atom. The van der Waals surface area contributed by atoms with E-state index in [0.29, 0.717) is 11.3 Å². The van der Waals surface area contributed by atoms with Crippen molar-refractivity contribution in [2.24, 2.45) is 5.92 Å². The summed E-state index contributed by atoms with van der Waals surface area (Å²) in [4.78, 5) is 12.1. The topological polar surface area (TPSA) is 64.9 Å². The largest absolute Gasteiger partial charge is 0.325 e. The van der Waals surface area contributed by atoms with Crippen molar-refractivity contribution in [2.45, 2.75) is 19.8 Å². The summed E-state index contributed by atoms with van der Waals surface area (Å²) in [6.45, 7) is 3.58. The van der Waals surface area contributed by atoms with Gasteiger partial charge in [-0.1, -0.05) is 12.1 Å². The summed E-state index contributed by atoms with van der Waals surface area (Å²) < 4.78 is 0. The zero-order valence-electron chi connectivity index (χ0n) is 10.5. The fourth-order valence-electron chi connectivity index (χ4n) is 2.23. The molecule has 4 nitrogen and oxygen atoms in total. The fourth-order valence-corrected chi connectivity index (χ4v) is 2.23. The van der Waals surface area contributed by atoms with Crippen molar-refractivity contribution in [3.05, 3.63) is 29.3 Å². The lowest BCUT2D eigenvalue weighted by Crippen LogP contribution is -2.37. The Bertz CT molecular complexity index is 484. The summed E-state index contributed by atoms with van der Waals surface area (Å²) in [5.41, 5.74) is 2.06. The van der Waals surface area contributed by atoms with Crippen molar-refractivity contribution in [3.8, 4) is 6.07 Å². The molecule has 1 saturated heterocycles. The van der Waals surface area contributed by atoms with Crippen molar-refractivity contribution < 1.29 is 4.79 Å². The van der Waals surface area contributed by atoms with Gasteiger partial charge in [0.25, 0.3) is 0 Å². The highest BCUT2D eigenvalue weighted by Gasteiger charge is 2.21. The lowest BCUT2D eigenvalue weighted by Gasteiger charge is -2.22. The number of benzene rings is 1. The number of rotatable bonds is 2. The third kappa shape index (κ3) is 2.69. The molecule has 2 N–H and O–H groups in total. The molecule has 0 unspecified atom stereocenters. The molecule has 0 aromatic heterocycles. The van der Waals surface area contributed by atoms with Gasteiger partial charge < -0.3 is 10.6 Å². The van der Waals surface area contributed by atoms with Crippen LogP contribution in [0.4, 0.5) is 5.69 Å². The smallest absolute Gasteiger partial charge is 0.228 e. The molecule has 1 fully saturated rings. The summed E-state index contributed by atoms with van der Waals surface area (Å²) in [6, 6.07) is 7.64. The van der Waals surface area contributed by atoms with E-state index in [1.54, 1.807) is 6.07 Å². The molecule has 1 aromatic carbocycles. The summed E-state index contributed by atoms with van der Waals surface area (Å²) in [5.74, 6) is 0.00936. The van der Waals surface area contributed by atoms with Crippen LogP contribution in [0.5, 0.6) is 0 Å². The van der Waals surface area contributed by atoms with Gasteiger partial charge >= 0.3 is 0 Å². The van der Waals surface area contributed by atoms with Crippen LogP contribution in [0, 0.1) is 24.2 Å². The lowest BCUT2D eigenvalue weighted by molar-refractivity contribution is -0.120. The number of carbonyl (C=O) groups is 1. The number of amides is 1. The number of piperidine rings is 1. The molecule has 1 aliphatic rings. The van der Waals surface area contributed by atoms with Gasteiger partial charge in [-0.25, -0.2) is 0 Å². The first kappa shape index (κ1) is 12.6. The Balaban J connectivity index is 2.12. The number of aryl methyl sites for hydroxylation is 1. The molecule has 1 heterocycles. The maximum atomic E-state index is 12.1. The van der Waals surface area contributed by atoms with Crippen LogP contribution in [-0.4, -0.2) is 19.0 Å². The molecule has 1 aromatic rings. The minimum Gasteiger partial charge on any atom is -0.325 e. The predicted octanol–water partition coefficient (Wildman–Crippen LogP) is 1.80. The van der Waals surface area contributed by atoms with Crippen LogP contribution in [0.3, 0.4) is 0 Å². The van der Waals surface area contributed by atoms with E-state index in [4.69, 9.17) is 5.26 Å². The third-order valence-corrected chi connectivity index (χ3v) is 3.31. The maximum absolute atomic E-state index is 12.1. The van der Waals surface area contributed by atoms with Crippen molar-refractivity contribution in [1.29, 1.82) is 5.26 Å². The standard InChI is InChI=1S/C14H17N3O/c1-10-4-2-6-13(12(10)8-15)17-14(18)11-5-3-7-16-9-11/h2,4,6,11,16H,3,5,7,9H2,1H3,(H,17,18)/t11-/m0/s1. The minimum absolute atomic E-state index is 0.00398. The average Bonchev–Trinajstić information content (AvgIpc) is 2.40. The van der Waals surface area contributed by atoms with Crippen molar-refractivity contribution in [3.63, 3.8) is 0 Å². The van der Waals surface area contributed by atoms with Gasteiger partial charge in [-0.15, -0.1) is 0 Å². The molecule has 1 amide bonds. The van der Waals surface area contributed by atoms with Crippen LogP contribution in [0.2, 0.25) is 0 Å². The molecule has 0 saturated carbocycles. The summed E-state index contributed by atoms with van der Waals surface area (Å²) in [6.07, 6.45) is 1.93. The van der Waals surface area contributed by atoms with Gasteiger partial charge in [0.2, 0.25) is 5.91 Å². The predicted molar refractivity (Wildman–Crippen MR) is 70.1 cm³/mol. The van der Waals surface area contributed by atoms with Gasteiger partial charge in [-0.2, -0.15) is 5.26 Å². The van der Waals surface area contributed by atoms with E-state index in [-0.39, 0.29) is 11.8 Å². The second kappa shape index (κ2) is 5.65. The molecular formula is C14H17N3O. The number of hydrogen-bond acceptors (Lipinski definition) is 3. The monoisotopic (exact) mass is 243 g/mol. The number of hydrogen-bond donors (Lipinski definition) is 2. The molecular weight excluding hydrogens is 226 g/mol. The van der Waals surface area contributed by atoms with Crippen molar-refractivity contribution in [2.75, 3.05) is 18.4 Å². The Morgan fingerprint density at radius 3 is 3.06 bits per heavy atom. The summed E-state index contributed by atoms with van der Waals surface area (Å²) in [5, 5.41) is 15.2. The molecule has 1 atom stereocenters. The molecule has 1 aliphatic heterocycles. The summed E-state index contributed by atoms with van der Waals surface area (Å²) in [7, 11) is 0. The van der Waals surface area contributed by atoms with Crippen LogP contribution in [0.25, 0.3) is 0 Å². The molecule has 2 rings (SSSR count). The Labute approximate surface area is 107 Å². The van der Waals surface area contributed by atoms with Gasteiger partial charge in [0.15, 0.2) is 0 Å². The Hall–Kier alpha value is -1.86. The van der Waals surface area contributed by atoms with Gasteiger partial charge in [0.1, 0.15) is 6.07 Å². The van der Waals surface area contributed by atoms with E-state index in [0.717, 1.165) is 31.5 Å². The van der Waals surface area contributed by atoms with Gasteiger partial charge in [-0.3, -0.25) is 4.79 Å². The highest BCUT2D eigenvalue weighted by molar-refractivity contribution is 5.94. The maximum Gasteiger partial charge on any atom is 0.228 e. The first-order chi connectivity index (χ1) is 8.72. The number of nitrogens with zero attached hydrogens (tertiary/aromatic N) is 1. The Kier molecular flexibility index (Phi) is 3.96. The normalized spacial score (nSPS) is 19.0. The first-order valence-electron chi connectivity index (χ1n) is 6.23. The number of anilines is 1. The van der Waals surface area contributed by atoms with Gasteiger partial charge in [-0.05, 0) is 37.9 Å². The van der Waals surface area contributed by atoms with E-state index in [2.05, 4.69) is 16.7 Å². The van der Waals surface area contributed by atoms with Crippen LogP contribution < -0.4 is 10.6 Å². The summed E-state index contributed by atoms with van der Waals surface area (Å²) >= 11 is 0. The quantitative estimate of drug-likeness (QED) is 0.832. The third-order valence-electron chi connectivity index (χ3n) is 3.31. The van der Waals surface area contributed by atoms with Crippen LogP contribution >= 0.6 is 0 Å². The van der Waals surface area contributed by atoms with E-state index in [9.17, 15) is 4.79 Å². The highest BCUT2D eigenvalue weighted by Crippen LogP contribution is 2.20. The number of carbonyl (C=O) groups excluding carboxylic acids is 1. The fraction of sp³-hybridized carbons (Fsp3) is 0.429. The molecule has 0 bridgehead atoms. The first-order valence-corrected chi connectivity index (χ1v) is 6.23. The molecule has 94 valence electrons. The SMILES string of the molecule is Cc1cccc(NC(=O)[C@H]2CCCNC2)c1C#N. The molecule has 18 heavy (non-hydrogen) atoms. The van der Waals surface area contributed by atoms with E-state index >= 15 is 0 Å². The number of nitrogens with one attached hydrogen (secondary N) is 2. The van der Waals surface area contributed by atoms with Crippen LogP contribution in [0.15, 0.2) is 18.2 Å².